The Labute approximate surface area is 92.0 Å². The van der Waals surface area contributed by atoms with E-state index in [0.29, 0.717) is 5.82 Å². The highest BCUT2D eigenvalue weighted by Gasteiger charge is 2.25. The first-order valence-electron chi connectivity index (χ1n) is 4.85. The minimum absolute atomic E-state index is 0.00731. The van der Waals surface area contributed by atoms with Crippen LogP contribution in [-0.2, 0) is 14.3 Å². The lowest BCUT2D eigenvalue weighted by Gasteiger charge is -2.22. The average Bonchev–Trinajstić information content (AvgIpc) is 2.30. The van der Waals surface area contributed by atoms with E-state index in [1.807, 2.05) is 0 Å². The molecule has 1 atom stereocenters. The van der Waals surface area contributed by atoms with Gasteiger partial charge in [0.1, 0.15) is 18.5 Å². The molecule has 0 spiro atoms. The summed E-state index contributed by atoms with van der Waals surface area (Å²) in [4.78, 5) is 26.6. The Kier molecular flexibility index (Phi) is 3.11. The molecular weight excluding hydrogens is 210 g/mol. The Morgan fingerprint density at radius 1 is 1.56 bits per heavy atom. The van der Waals surface area contributed by atoms with Gasteiger partial charge in [0.15, 0.2) is 0 Å². The molecule has 6 heteroatoms. The molecule has 0 bridgehead atoms. The summed E-state index contributed by atoms with van der Waals surface area (Å²) in [6.07, 6.45) is 1.57. The van der Waals surface area contributed by atoms with E-state index in [1.165, 1.54) is 0 Å². The van der Waals surface area contributed by atoms with Crippen molar-refractivity contribution in [3.8, 4) is 0 Å². The van der Waals surface area contributed by atoms with E-state index in [2.05, 4.69) is 15.6 Å². The minimum Gasteiger partial charge on any atom is -0.369 e. The maximum absolute atomic E-state index is 11.7. The predicted molar refractivity (Wildman–Crippen MR) is 55.6 cm³/mol. The van der Waals surface area contributed by atoms with Gasteiger partial charge in [0, 0.05) is 6.20 Å². The van der Waals surface area contributed by atoms with Crippen LogP contribution in [0.4, 0.5) is 5.82 Å². The highest BCUT2D eigenvalue weighted by Crippen LogP contribution is 2.02. The zero-order valence-corrected chi connectivity index (χ0v) is 8.47. The lowest BCUT2D eigenvalue weighted by molar-refractivity contribution is -0.136. The van der Waals surface area contributed by atoms with Gasteiger partial charge < -0.3 is 15.4 Å². The third kappa shape index (κ3) is 2.54. The Hall–Kier alpha value is -1.95. The van der Waals surface area contributed by atoms with E-state index in [0.717, 1.165) is 0 Å². The van der Waals surface area contributed by atoms with Crippen LogP contribution in [-0.4, -0.2) is 36.1 Å². The van der Waals surface area contributed by atoms with Crippen LogP contribution < -0.4 is 10.6 Å². The van der Waals surface area contributed by atoms with Gasteiger partial charge in [-0.3, -0.25) is 9.59 Å². The summed E-state index contributed by atoms with van der Waals surface area (Å²) in [6, 6.07) is 4.53. The van der Waals surface area contributed by atoms with E-state index in [-0.39, 0.29) is 25.0 Å². The number of carbonyl (C=O) groups excluding carboxylic acids is 2. The maximum Gasteiger partial charge on any atom is 0.250 e. The second-order valence-corrected chi connectivity index (χ2v) is 3.34. The van der Waals surface area contributed by atoms with Gasteiger partial charge in [-0.15, -0.1) is 0 Å². The summed E-state index contributed by atoms with van der Waals surface area (Å²) in [5.74, 6) is -0.161. The van der Waals surface area contributed by atoms with Crippen molar-refractivity contribution in [1.82, 2.24) is 10.3 Å². The number of hydrogen-bond acceptors (Lipinski definition) is 4. The third-order valence-corrected chi connectivity index (χ3v) is 2.09. The van der Waals surface area contributed by atoms with Crippen molar-refractivity contribution in [3.05, 3.63) is 24.4 Å². The van der Waals surface area contributed by atoms with Crippen LogP contribution >= 0.6 is 0 Å². The molecule has 1 aliphatic rings. The molecule has 0 saturated carbocycles. The number of anilines is 1. The van der Waals surface area contributed by atoms with Crippen molar-refractivity contribution >= 4 is 17.6 Å². The molecule has 2 rings (SSSR count). The van der Waals surface area contributed by atoms with E-state index in [1.54, 1.807) is 24.4 Å². The first-order valence-corrected chi connectivity index (χ1v) is 4.85. The Balaban J connectivity index is 1.95. The summed E-state index contributed by atoms with van der Waals surface area (Å²) in [5, 5.41) is 5.12. The van der Waals surface area contributed by atoms with Gasteiger partial charge in [0.2, 0.25) is 5.91 Å². The number of aromatic nitrogens is 1. The number of amides is 2. The summed E-state index contributed by atoms with van der Waals surface area (Å²) in [5.41, 5.74) is 0. The number of morpholine rings is 1. The molecule has 84 valence electrons. The molecule has 6 nitrogen and oxygen atoms in total. The van der Waals surface area contributed by atoms with Crippen molar-refractivity contribution in [2.75, 3.05) is 18.5 Å². The number of rotatable bonds is 2. The monoisotopic (exact) mass is 221 g/mol. The first-order chi connectivity index (χ1) is 7.75. The van der Waals surface area contributed by atoms with Crippen LogP contribution in [0.1, 0.15) is 0 Å². The van der Waals surface area contributed by atoms with Crippen LogP contribution in [0, 0.1) is 0 Å². The smallest absolute Gasteiger partial charge is 0.250 e. The van der Waals surface area contributed by atoms with E-state index < -0.39 is 6.04 Å². The Bertz CT molecular complexity index is 394. The molecule has 1 fully saturated rings. The van der Waals surface area contributed by atoms with Crippen LogP contribution in [0.5, 0.6) is 0 Å². The van der Waals surface area contributed by atoms with Gasteiger partial charge in [-0.25, -0.2) is 4.98 Å². The molecule has 1 aromatic rings. The molecular formula is C10H11N3O3. The fourth-order valence-electron chi connectivity index (χ4n) is 1.34. The van der Waals surface area contributed by atoms with Gasteiger partial charge in [0.25, 0.3) is 5.91 Å². The second kappa shape index (κ2) is 4.71. The van der Waals surface area contributed by atoms with Crippen molar-refractivity contribution in [2.45, 2.75) is 6.04 Å². The molecule has 0 aromatic carbocycles. The number of hydrogen-bond donors (Lipinski definition) is 2. The number of pyridine rings is 1. The van der Waals surface area contributed by atoms with Gasteiger partial charge in [-0.05, 0) is 12.1 Å². The maximum atomic E-state index is 11.7. The third-order valence-electron chi connectivity index (χ3n) is 2.09. The zero-order valence-electron chi connectivity index (χ0n) is 8.47. The standard InChI is InChI=1S/C10H11N3O3/c14-9-6-16-5-7(12-9)10(15)13-8-3-1-2-4-11-8/h1-4,7H,5-6H2,(H,12,14)(H,11,13,15). The molecule has 2 amide bonds. The van der Waals surface area contributed by atoms with Crippen LogP contribution in [0.3, 0.4) is 0 Å². The molecule has 1 saturated heterocycles. The topological polar surface area (TPSA) is 80.3 Å². The average molecular weight is 221 g/mol. The zero-order chi connectivity index (χ0) is 11.4. The van der Waals surface area contributed by atoms with Gasteiger partial charge >= 0.3 is 0 Å². The van der Waals surface area contributed by atoms with Crippen LogP contribution in [0.2, 0.25) is 0 Å². The lowest BCUT2D eigenvalue weighted by Crippen LogP contribution is -2.52. The molecule has 16 heavy (non-hydrogen) atoms. The number of carbonyl (C=O) groups is 2. The van der Waals surface area contributed by atoms with Gasteiger partial charge in [-0.1, -0.05) is 6.07 Å². The summed E-state index contributed by atoms with van der Waals surface area (Å²) in [6.45, 7) is 0.192. The van der Waals surface area contributed by atoms with Crippen molar-refractivity contribution < 1.29 is 14.3 Å². The van der Waals surface area contributed by atoms with Crippen molar-refractivity contribution in [3.63, 3.8) is 0 Å². The highest BCUT2D eigenvalue weighted by atomic mass is 16.5. The quantitative estimate of drug-likeness (QED) is 0.707. The molecule has 0 radical (unpaired) electrons. The Morgan fingerprint density at radius 2 is 2.44 bits per heavy atom. The van der Waals surface area contributed by atoms with E-state index in [9.17, 15) is 9.59 Å². The SMILES string of the molecule is O=C1COCC(C(=O)Nc2ccccn2)N1. The summed E-state index contributed by atoms with van der Waals surface area (Å²) >= 11 is 0. The largest absolute Gasteiger partial charge is 0.369 e. The second-order valence-electron chi connectivity index (χ2n) is 3.34. The predicted octanol–water partition coefficient (Wildman–Crippen LogP) is -0.465. The molecule has 2 heterocycles. The first kappa shape index (κ1) is 10.6. The van der Waals surface area contributed by atoms with E-state index in [4.69, 9.17) is 4.74 Å². The van der Waals surface area contributed by atoms with E-state index >= 15 is 0 Å². The highest BCUT2D eigenvalue weighted by molar-refractivity contribution is 5.97. The van der Waals surface area contributed by atoms with Gasteiger partial charge in [-0.2, -0.15) is 0 Å². The molecule has 1 aliphatic heterocycles. The molecule has 1 unspecified atom stereocenters. The van der Waals surface area contributed by atoms with Crippen LogP contribution in [0.15, 0.2) is 24.4 Å². The molecule has 0 aliphatic carbocycles. The Morgan fingerprint density at radius 3 is 3.12 bits per heavy atom. The van der Waals surface area contributed by atoms with Crippen molar-refractivity contribution in [1.29, 1.82) is 0 Å². The lowest BCUT2D eigenvalue weighted by atomic mass is 10.2. The van der Waals surface area contributed by atoms with Crippen molar-refractivity contribution in [2.24, 2.45) is 0 Å². The van der Waals surface area contributed by atoms with Crippen LogP contribution in [0.25, 0.3) is 0 Å². The number of nitrogens with one attached hydrogen (secondary N) is 2. The summed E-state index contributed by atoms with van der Waals surface area (Å²) < 4.78 is 4.96. The number of nitrogens with zero attached hydrogens (tertiary/aromatic N) is 1. The minimum atomic E-state index is -0.650. The number of ether oxygens (including phenoxy) is 1. The van der Waals surface area contributed by atoms with Gasteiger partial charge in [0.05, 0.1) is 6.61 Å². The summed E-state index contributed by atoms with van der Waals surface area (Å²) in [7, 11) is 0. The fraction of sp³-hybridized carbons (Fsp3) is 0.300. The fourth-order valence-corrected chi connectivity index (χ4v) is 1.34. The normalized spacial score (nSPS) is 20.0. The molecule has 2 N–H and O–H groups in total. The molecule has 1 aromatic heterocycles.